The Hall–Kier alpha value is -3.18. The van der Waals surface area contributed by atoms with Crippen molar-refractivity contribution in [2.75, 3.05) is 23.7 Å². The second kappa shape index (κ2) is 8.31. The van der Waals surface area contributed by atoms with Crippen LogP contribution in [-0.2, 0) is 12.6 Å². The maximum atomic E-state index is 13.2. The molecular formula is C22H24F3N5O3. The highest BCUT2D eigenvalue weighted by atomic mass is 19.4. The molecule has 0 spiro atoms. The summed E-state index contributed by atoms with van der Waals surface area (Å²) in [6.07, 6.45) is -1.46. The fourth-order valence-corrected chi connectivity index (χ4v) is 4.38. The van der Waals surface area contributed by atoms with Crippen molar-refractivity contribution in [3.63, 3.8) is 0 Å². The minimum absolute atomic E-state index is 0.0237. The third-order valence-electron chi connectivity index (χ3n) is 5.97. The summed E-state index contributed by atoms with van der Waals surface area (Å²) in [5.41, 5.74) is 12.9. The lowest BCUT2D eigenvalue weighted by Gasteiger charge is -2.41. The van der Waals surface area contributed by atoms with E-state index < -0.39 is 29.7 Å². The first-order valence-electron chi connectivity index (χ1n) is 10.4. The monoisotopic (exact) mass is 463 g/mol. The van der Waals surface area contributed by atoms with Gasteiger partial charge in [0.25, 0.3) is 0 Å². The van der Waals surface area contributed by atoms with E-state index in [4.69, 9.17) is 15.9 Å². The first-order chi connectivity index (χ1) is 15.5. The highest BCUT2D eigenvalue weighted by molar-refractivity contribution is 6.11. The van der Waals surface area contributed by atoms with E-state index in [-0.39, 0.29) is 34.9 Å². The lowest BCUT2D eigenvalue weighted by Crippen LogP contribution is -2.56. The van der Waals surface area contributed by atoms with E-state index in [2.05, 4.69) is 9.97 Å². The summed E-state index contributed by atoms with van der Waals surface area (Å²) in [7, 11) is 0. The largest absolute Gasteiger partial charge is 0.438 e. The van der Waals surface area contributed by atoms with Crippen molar-refractivity contribution in [2.45, 2.75) is 38.6 Å². The number of Topliss-reactive ketones (excluding diaryl/α,β-unsaturated/α-hetero) is 1. The van der Waals surface area contributed by atoms with Gasteiger partial charge in [-0.2, -0.15) is 13.2 Å². The molecule has 0 unspecified atom stereocenters. The maximum Gasteiger partial charge on any atom is 0.418 e. The van der Waals surface area contributed by atoms with E-state index in [1.807, 2.05) is 18.7 Å². The molecule has 0 amide bonds. The van der Waals surface area contributed by atoms with E-state index >= 15 is 0 Å². The van der Waals surface area contributed by atoms with Crippen LogP contribution in [0.25, 0.3) is 11.1 Å². The van der Waals surface area contributed by atoms with Crippen LogP contribution in [0.15, 0.2) is 29.1 Å². The van der Waals surface area contributed by atoms with Crippen molar-refractivity contribution in [2.24, 2.45) is 11.7 Å². The molecule has 1 aliphatic rings. The second-order valence-corrected chi connectivity index (χ2v) is 8.51. The molecule has 4 rings (SSSR count). The van der Waals surface area contributed by atoms with Gasteiger partial charge in [-0.25, -0.2) is 0 Å². The second-order valence-electron chi connectivity index (χ2n) is 8.51. The van der Waals surface area contributed by atoms with Gasteiger partial charge in [0.05, 0.1) is 11.7 Å². The summed E-state index contributed by atoms with van der Waals surface area (Å²) in [5.74, 6) is -0.826. The Bertz CT molecular complexity index is 1200. The number of nitrogens with zero attached hydrogens (tertiary/aromatic N) is 3. The Morgan fingerprint density at radius 2 is 2.03 bits per heavy atom. The van der Waals surface area contributed by atoms with Crippen LogP contribution in [0.4, 0.5) is 24.7 Å². The number of nitrogen functional groups attached to an aromatic ring is 1. The Morgan fingerprint density at radius 3 is 2.70 bits per heavy atom. The molecule has 3 atom stereocenters. The average molecular weight is 463 g/mol. The number of pyridine rings is 2. The molecule has 4 heterocycles. The van der Waals surface area contributed by atoms with Gasteiger partial charge in [-0.3, -0.25) is 14.8 Å². The van der Waals surface area contributed by atoms with Gasteiger partial charge < -0.3 is 25.9 Å². The first-order valence-corrected chi connectivity index (χ1v) is 10.4. The summed E-state index contributed by atoms with van der Waals surface area (Å²) in [6, 6.07) is 0.321. The van der Waals surface area contributed by atoms with Crippen LogP contribution >= 0.6 is 0 Å². The zero-order chi connectivity index (χ0) is 24.1. The van der Waals surface area contributed by atoms with Gasteiger partial charge in [0.2, 0.25) is 5.88 Å². The minimum Gasteiger partial charge on any atom is -0.438 e. The zero-order valence-electron chi connectivity index (χ0n) is 18.1. The number of hydrogen-bond donors (Lipinski definition) is 3. The summed E-state index contributed by atoms with van der Waals surface area (Å²) < 4.78 is 44.2. The van der Waals surface area contributed by atoms with Crippen LogP contribution in [-0.4, -0.2) is 46.1 Å². The number of alkyl halides is 3. The minimum atomic E-state index is -4.60. The molecule has 3 aromatic rings. The molecule has 5 N–H and O–H groups in total. The van der Waals surface area contributed by atoms with Gasteiger partial charge in [-0.15, -0.1) is 0 Å². The molecule has 0 radical (unpaired) electrons. The molecule has 0 aliphatic carbocycles. The molecule has 176 valence electrons. The SMILES string of the molecule is Cc1cncc(CC(=O)c2c(N)oc3cc(C(F)(F)F)cnc23)c1N1C[C@@H](N)[C@H](O)[C@@H](C)C1. The van der Waals surface area contributed by atoms with Crippen molar-refractivity contribution < 1.29 is 27.5 Å². The standard InChI is InChI=1S/C22H24F3N5O3/c1-10-5-28-6-12(19(10)30-8-11(2)20(32)14(26)9-30)3-15(31)17-18-16(33-21(17)27)4-13(7-29-18)22(23,24)25/h4-7,11,14,20,32H,3,8-9,26-27H2,1-2H3/t11-,14+,20+/m0/s1. The third-order valence-corrected chi connectivity index (χ3v) is 5.97. The molecule has 1 aliphatic heterocycles. The number of piperidine rings is 1. The Labute approximate surface area is 187 Å². The van der Waals surface area contributed by atoms with Crippen LogP contribution < -0.4 is 16.4 Å². The molecule has 33 heavy (non-hydrogen) atoms. The lowest BCUT2D eigenvalue weighted by molar-refractivity contribution is -0.137. The van der Waals surface area contributed by atoms with E-state index in [1.54, 1.807) is 12.4 Å². The number of aromatic nitrogens is 2. The number of furan rings is 1. The van der Waals surface area contributed by atoms with E-state index in [0.29, 0.717) is 24.8 Å². The van der Waals surface area contributed by atoms with Crippen LogP contribution in [0.1, 0.15) is 34.0 Å². The molecular weight excluding hydrogens is 439 g/mol. The fraction of sp³-hybridized carbons (Fsp3) is 0.409. The van der Waals surface area contributed by atoms with E-state index in [0.717, 1.165) is 17.3 Å². The normalized spacial score (nSPS) is 21.5. The van der Waals surface area contributed by atoms with Crippen molar-refractivity contribution in [3.05, 3.63) is 46.9 Å². The number of halogens is 3. The van der Waals surface area contributed by atoms with Crippen molar-refractivity contribution in [1.82, 2.24) is 9.97 Å². The van der Waals surface area contributed by atoms with E-state index in [1.165, 1.54) is 0 Å². The quantitative estimate of drug-likeness (QED) is 0.504. The van der Waals surface area contributed by atoms with Gasteiger partial charge in [0.15, 0.2) is 11.4 Å². The Kier molecular flexibility index (Phi) is 5.79. The molecule has 0 aromatic carbocycles. The number of carbonyl (C=O) groups is 1. The van der Waals surface area contributed by atoms with Gasteiger partial charge >= 0.3 is 6.18 Å². The molecule has 8 nitrogen and oxygen atoms in total. The van der Waals surface area contributed by atoms with Crippen molar-refractivity contribution in [1.29, 1.82) is 0 Å². The molecule has 1 fully saturated rings. The highest BCUT2D eigenvalue weighted by Crippen LogP contribution is 2.35. The summed E-state index contributed by atoms with van der Waals surface area (Å²) in [5, 5.41) is 10.2. The predicted octanol–water partition coefficient (Wildman–Crippen LogP) is 2.70. The predicted molar refractivity (Wildman–Crippen MR) is 116 cm³/mol. The van der Waals surface area contributed by atoms with Crippen LogP contribution in [0.2, 0.25) is 0 Å². The summed E-state index contributed by atoms with van der Waals surface area (Å²) >= 11 is 0. The maximum absolute atomic E-state index is 13.2. The third kappa shape index (κ3) is 4.25. The molecule has 1 saturated heterocycles. The van der Waals surface area contributed by atoms with Gasteiger partial charge in [-0.05, 0) is 18.6 Å². The van der Waals surface area contributed by atoms with Crippen LogP contribution in [0.5, 0.6) is 0 Å². The van der Waals surface area contributed by atoms with Gasteiger partial charge in [0.1, 0.15) is 11.1 Å². The van der Waals surface area contributed by atoms with Gasteiger partial charge in [-0.1, -0.05) is 6.92 Å². The molecule has 11 heteroatoms. The molecule has 0 saturated carbocycles. The number of anilines is 2. The first kappa shape index (κ1) is 23.0. The number of nitrogens with two attached hydrogens (primary N) is 2. The smallest absolute Gasteiger partial charge is 0.418 e. The van der Waals surface area contributed by atoms with Crippen molar-refractivity contribution >= 4 is 28.5 Å². The number of ketones is 1. The summed E-state index contributed by atoms with van der Waals surface area (Å²) in [6.45, 7) is 4.70. The highest BCUT2D eigenvalue weighted by Gasteiger charge is 2.34. The molecule has 3 aromatic heterocycles. The Morgan fingerprint density at radius 1 is 1.30 bits per heavy atom. The molecule has 0 bridgehead atoms. The number of rotatable bonds is 4. The fourth-order valence-electron chi connectivity index (χ4n) is 4.38. The number of fused-ring (bicyclic) bond motifs is 1. The van der Waals surface area contributed by atoms with Crippen molar-refractivity contribution in [3.8, 4) is 0 Å². The van der Waals surface area contributed by atoms with Crippen LogP contribution in [0, 0.1) is 12.8 Å². The van der Waals surface area contributed by atoms with E-state index in [9.17, 15) is 23.1 Å². The lowest BCUT2D eigenvalue weighted by atomic mass is 9.91. The number of hydrogen-bond acceptors (Lipinski definition) is 8. The number of aryl methyl sites for hydroxylation is 1. The average Bonchev–Trinajstić information content (AvgIpc) is 3.06. The van der Waals surface area contributed by atoms with Gasteiger partial charge in [0, 0.05) is 61.3 Å². The topological polar surface area (TPSA) is 132 Å². The number of aliphatic hydroxyl groups is 1. The Balaban J connectivity index is 1.68. The zero-order valence-corrected chi connectivity index (χ0v) is 18.1. The summed E-state index contributed by atoms with van der Waals surface area (Å²) in [4.78, 5) is 23.2. The number of aliphatic hydroxyl groups excluding tert-OH is 1. The number of carbonyl (C=O) groups excluding carboxylic acids is 1. The van der Waals surface area contributed by atoms with Crippen LogP contribution in [0.3, 0.4) is 0 Å².